The lowest BCUT2D eigenvalue weighted by Gasteiger charge is -2.10. The molecule has 2 aromatic carbocycles. The molecule has 21 heavy (non-hydrogen) atoms. The van der Waals surface area contributed by atoms with E-state index in [1.165, 1.54) is 0 Å². The minimum Gasteiger partial charge on any atom is -0.484 e. The van der Waals surface area contributed by atoms with Crippen molar-refractivity contribution >= 4 is 27.5 Å². The molecule has 0 unspecified atom stereocenters. The van der Waals surface area contributed by atoms with Crippen LogP contribution in [0.15, 0.2) is 53.0 Å². The Labute approximate surface area is 131 Å². The van der Waals surface area contributed by atoms with Gasteiger partial charge >= 0.3 is 0 Å². The van der Waals surface area contributed by atoms with E-state index >= 15 is 0 Å². The highest BCUT2D eigenvalue weighted by Gasteiger charge is 2.06. The Hall–Kier alpha value is -1.85. The zero-order valence-corrected chi connectivity index (χ0v) is 13.1. The first-order valence-corrected chi connectivity index (χ1v) is 7.30. The van der Waals surface area contributed by atoms with E-state index < -0.39 is 6.10 Å². The third-order valence-corrected chi connectivity index (χ3v) is 3.37. The number of anilines is 1. The smallest absolute Gasteiger partial charge is 0.262 e. The molecule has 0 spiro atoms. The van der Waals surface area contributed by atoms with Gasteiger partial charge in [0.15, 0.2) is 6.61 Å². The summed E-state index contributed by atoms with van der Waals surface area (Å²) in [6.45, 7) is 1.60. The lowest BCUT2D eigenvalue weighted by molar-refractivity contribution is -0.118. The molecule has 0 heterocycles. The maximum atomic E-state index is 11.8. The molecule has 0 saturated heterocycles. The summed E-state index contributed by atoms with van der Waals surface area (Å²) < 4.78 is 6.37. The summed E-state index contributed by atoms with van der Waals surface area (Å²) in [4.78, 5) is 11.8. The topological polar surface area (TPSA) is 58.6 Å². The van der Waals surface area contributed by atoms with Crippen molar-refractivity contribution in [2.45, 2.75) is 13.0 Å². The fourth-order valence-electron chi connectivity index (χ4n) is 1.74. The molecule has 0 aliphatic carbocycles. The van der Waals surface area contributed by atoms with Crippen LogP contribution in [0, 0.1) is 0 Å². The highest BCUT2D eigenvalue weighted by atomic mass is 79.9. The van der Waals surface area contributed by atoms with Crippen LogP contribution in [-0.2, 0) is 4.79 Å². The van der Waals surface area contributed by atoms with Crippen LogP contribution in [-0.4, -0.2) is 17.6 Å². The summed E-state index contributed by atoms with van der Waals surface area (Å²) in [5.74, 6) is 0.319. The highest BCUT2D eigenvalue weighted by Crippen LogP contribution is 2.19. The van der Waals surface area contributed by atoms with Crippen molar-refractivity contribution < 1.29 is 14.6 Å². The van der Waals surface area contributed by atoms with Gasteiger partial charge in [0, 0.05) is 10.2 Å². The van der Waals surface area contributed by atoms with Crippen molar-refractivity contribution in [1.82, 2.24) is 0 Å². The maximum Gasteiger partial charge on any atom is 0.262 e. The third kappa shape index (κ3) is 4.88. The Balaban J connectivity index is 1.89. The average molecular weight is 350 g/mol. The van der Waals surface area contributed by atoms with Crippen molar-refractivity contribution in [3.63, 3.8) is 0 Å². The molecule has 5 heteroatoms. The number of amides is 1. The quantitative estimate of drug-likeness (QED) is 0.868. The van der Waals surface area contributed by atoms with E-state index in [2.05, 4.69) is 21.2 Å². The number of carbonyl (C=O) groups excluding carboxylic acids is 1. The van der Waals surface area contributed by atoms with Crippen LogP contribution >= 0.6 is 15.9 Å². The van der Waals surface area contributed by atoms with Crippen molar-refractivity contribution in [1.29, 1.82) is 0 Å². The number of hydrogen-bond donors (Lipinski definition) is 2. The molecule has 0 saturated carbocycles. The summed E-state index contributed by atoms with van der Waals surface area (Å²) in [6, 6.07) is 14.4. The average Bonchev–Trinajstić information content (AvgIpc) is 2.48. The van der Waals surface area contributed by atoms with Crippen LogP contribution in [0.2, 0.25) is 0 Å². The van der Waals surface area contributed by atoms with Gasteiger partial charge in [0.1, 0.15) is 5.75 Å². The first kappa shape index (κ1) is 15.5. The Bertz CT molecular complexity index is 611. The minimum atomic E-state index is -0.565. The SMILES string of the molecule is C[C@H](O)c1cccc(OCC(=O)Nc2ccc(Br)cc2)c1. The Kier molecular flexibility index (Phi) is 5.36. The number of nitrogens with one attached hydrogen (secondary N) is 1. The van der Waals surface area contributed by atoms with Gasteiger partial charge < -0.3 is 15.2 Å². The molecule has 1 atom stereocenters. The molecule has 0 fully saturated rings. The summed E-state index contributed by atoms with van der Waals surface area (Å²) in [6.07, 6.45) is -0.565. The van der Waals surface area contributed by atoms with Crippen LogP contribution in [0.25, 0.3) is 0 Å². The van der Waals surface area contributed by atoms with Crippen molar-refractivity contribution in [2.75, 3.05) is 11.9 Å². The standard InChI is InChI=1S/C16H16BrNO3/c1-11(19)12-3-2-4-15(9-12)21-10-16(20)18-14-7-5-13(17)6-8-14/h2-9,11,19H,10H2,1H3,(H,18,20)/t11-/m0/s1. The van der Waals surface area contributed by atoms with E-state index in [4.69, 9.17) is 4.74 Å². The molecule has 0 bridgehead atoms. The van der Waals surface area contributed by atoms with Gasteiger partial charge in [-0.1, -0.05) is 28.1 Å². The molecular weight excluding hydrogens is 334 g/mol. The molecule has 0 aliphatic rings. The van der Waals surface area contributed by atoms with E-state index in [1.54, 1.807) is 43.3 Å². The van der Waals surface area contributed by atoms with Crippen molar-refractivity contribution in [3.8, 4) is 5.75 Å². The van der Waals surface area contributed by atoms with E-state index in [1.807, 2.05) is 12.1 Å². The molecule has 4 nitrogen and oxygen atoms in total. The first-order chi connectivity index (χ1) is 10.0. The van der Waals surface area contributed by atoms with Crippen LogP contribution in [0.5, 0.6) is 5.75 Å². The predicted molar refractivity (Wildman–Crippen MR) is 85.3 cm³/mol. The monoisotopic (exact) mass is 349 g/mol. The van der Waals surface area contributed by atoms with Crippen LogP contribution in [0.4, 0.5) is 5.69 Å². The number of halogens is 1. The molecule has 2 N–H and O–H groups in total. The number of hydrogen-bond acceptors (Lipinski definition) is 3. The van der Waals surface area contributed by atoms with Crippen LogP contribution in [0.1, 0.15) is 18.6 Å². The van der Waals surface area contributed by atoms with Crippen LogP contribution < -0.4 is 10.1 Å². The van der Waals surface area contributed by atoms with Gasteiger partial charge in [-0.05, 0) is 48.9 Å². The van der Waals surface area contributed by atoms with Gasteiger partial charge in [0.2, 0.25) is 0 Å². The summed E-state index contributed by atoms with van der Waals surface area (Å²) in [5, 5.41) is 12.2. The summed E-state index contributed by atoms with van der Waals surface area (Å²) >= 11 is 3.33. The molecular formula is C16H16BrNO3. The number of carbonyl (C=O) groups is 1. The van der Waals surface area contributed by atoms with Gasteiger partial charge in [-0.15, -0.1) is 0 Å². The molecule has 1 amide bonds. The predicted octanol–water partition coefficient (Wildman–Crippen LogP) is 3.52. The maximum absolute atomic E-state index is 11.8. The van der Waals surface area contributed by atoms with Crippen LogP contribution in [0.3, 0.4) is 0 Å². The highest BCUT2D eigenvalue weighted by molar-refractivity contribution is 9.10. The number of aliphatic hydroxyl groups excluding tert-OH is 1. The van der Waals surface area contributed by atoms with E-state index in [9.17, 15) is 9.90 Å². The molecule has 110 valence electrons. The minimum absolute atomic E-state index is 0.0840. The lowest BCUT2D eigenvalue weighted by atomic mass is 10.1. The Morgan fingerprint density at radius 3 is 2.67 bits per heavy atom. The van der Waals surface area contributed by atoms with Gasteiger partial charge in [0.05, 0.1) is 6.10 Å². The number of ether oxygens (including phenoxy) is 1. The van der Waals surface area contributed by atoms with Gasteiger partial charge in [-0.3, -0.25) is 4.79 Å². The summed E-state index contributed by atoms with van der Waals surface area (Å²) in [5.41, 5.74) is 1.46. The summed E-state index contributed by atoms with van der Waals surface area (Å²) in [7, 11) is 0. The molecule has 2 aromatic rings. The molecule has 0 aromatic heterocycles. The van der Waals surface area contributed by atoms with E-state index in [0.717, 1.165) is 10.0 Å². The Morgan fingerprint density at radius 2 is 2.00 bits per heavy atom. The van der Waals surface area contributed by atoms with E-state index in [-0.39, 0.29) is 12.5 Å². The first-order valence-electron chi connectivity index (χ1n) is 6.51. The van der Waals surface area contributed by atoms with E-state index in [0.29, 0.717) is 11.4 Å². The normalized spacial score (nSPS) is 11.8. The molecule has 0 aliphatic heterocycles. The zero-order valence-electron chi connectivity index (χ0n) is 11.5. The number of rotatable bonds is 5. The second-order valence-electron chi connectivity index (χ2n) is 4.59. The number of aliphatic hydroxyl groups is 1. The molecule has 2 rings (SSSR count). The second kappa shape index (κ2) is 7.24. The lowest BCUT2D eigenvalue weighted by Crippen LogP contribution is -2.20. The largest absolute Gasteiger partial charge is 0.484 e. The fraction of sp³-hybridized carbons (Fsp3) is 0.188. The number of benzene rings is 2. The fourth-order valence-corrected chi connectivity index (χ4v) is 2.01. The van der Waals surface area contributed by atoms with Crippen molar-refractivity contribution in [2.24, 2.45) is 0 Å². The van der Waals surface area contributed by atoms with Gasteiger partial charge in [-0.2, -0.15) is 0 Å². The van der Waals surface area contributed by atoms with Gasteiger partial charge in [-0.25, -0.2) is 0 Å². The Morgan fingerprint density at radius 1 is 1.29 bits per heavy atom. The third-order valence-electron chi connectivity index (χ3n) is 2.84. The second-order valence-corrected chi connectivity index (χ2v) is 5.51. The zero-order chi connectivity index (χ0) is 15.2. The molecule has 0 radical (unpaired) electrons. The van der Waals surface area contributed by atoms with Gasteiger partial charge in [0.25, 0.3) is 5.91 Å². The van der Waals surface area contributed by atoms with Crippen molar-refractivity contribution in [3.05, 3.63) is 58.6 Å².